The van der Waals surface area contributed by atoms with Crippen LogP contribution < -0.4 is 25.8 Å². The number of nitrogen functional groups attached to an aromatic ring is 1. The number of anilines is 4. The smallest absolute Gasteiger partial charge is 0.248 e. The van der Waals surface area contributed by atoms with Gasteiger partial charge in [-0.1, -0.05) is 23.7 Å². The third kappa shape index (κ3) is 6.87. The lowest BCUT2D eigenvalue weighted by molar-refractivity contribution is -0.112. The molecule has 1 fully saturated rings. The SMILES string of the molecule is CCOc1cc2ncc(N)c(Nc3ccc(OCc4ccccn4)c(Cl)c3)c2cc1NC(=O)/C=C/C1CCCN1C. The number of carbonyl (C=O) groups is 1. The minimum Gasteiger partial charge on any atom is -0.492 e. The monoisotopic (exact) mass is 572 g/mol. The fraction of sp³-hybridized carbons (Fsp3) is 0.258. The molecular weight excluding hydrogens is 540 g/mol. The molecule has 2 aromatic carbocycles. The summed E-state index contributed by atoms with van der Waals surface area (Å²) in [4.78, 5) is 23.9. The molecule has 10 heteroatoms. The first-order valence-electron chi connectivity index (χ1n) is 13.5. The summed E-state index contributed by atoms with van der Waals surface area (Å²) in [5.74, 6) is 0.837. The highest BCUT2D eigenvalue weighted by Gasteiger charge is 2.19. The summed E-state index contributed by atoms with van der Waals surface area (Å²) in [5.41, 5.74) is 10.1. The van der Waals surface area contributed by atoms with Crippen LogP contribution in [0.3, 0.4) is 0 Å². The number of fused-ring (bicyclic) bond motifs is 1. The Bertz CT molecular complexity index is 1560. The van der Waals surface area contributed by atoms with Gasteiger partial charge < -0.3 is 25.8 Å². The molecule has 1 unspecified atom stereocenters. The Balaban J connectivity index is 1.39. The number of carbonyl (C=O) groups excluding carboxylic acids is 1. The summed E-state index contributed by atoms with van der Waals surface area (Å²) < 4.78 is 11.7. The van der Waals surface area contributed by atoms with Gasteiger partial charge in [0.25, 0.3) is 0 Å². The Morgan fingerprint density at radius 2 is 2.05 bits per heavy atom. The van der Waals surface area contributed by atoms with E-state index in [0.717, 1.165) is 30.5 Å². The zero-order chi connectivity index (χ0) is 28.8. The predicted octanol–water partition coefficient (Wildman–Crippen LogP) is 6.18. The molecule has 3 heterocycles. The van der Waals surface area contributed by atoms with Crippen molar-refractivity contribution in [1.82, 2.24) is 14.9 Å². The highest BCUT2D eigenvalue weighted by molar-refractivity contribution is 6.32. The molecule has 1 aliphatic heterocycles. The van der Waals surface area contributed by atoms with E-state index in [2.05, 4.69) is 32.5 Å². The zero-order valence-corrected chi connectivity index (χ0v) is 23.8. The van der Waals surface area contributed by atoms with Crippen LogP contribution in [0.15, 0.2) is 73.1 Å². The molecule has 0 aliphatic carbocycles. The van der Waals surface area contributed by atoms with Crippen LogP contribution in [0.2, 0.25) is 5.02 Å². The first-order valence-corrected chi connectivity index (χ1v) is 13.9. The Morgan fingerprint density at radius 3 is 2.78 bits per heavy atom. The van der Waals surface area contributed by atoms with Gasteiger partial charge in [-0.25, -0.2) is 0 Å². The van der Waals surface area contributed by atoms with Gasteiger partial charge in [0.1, 0.15) is 18.1 Å². The van der Waals surface area contributed by atoms with Gasteiger partial charge in [-0.15, -0.1) is 0 Å². The predicted molar refractivity (Wildman–Crippen MR) is 164 cm³/mol. The van der Waals surface area contributed by atoms with Gasteiger partial charge in [0.15, 0.2) is 0 Å². The van der Waals surface area contributed by atoms with Crippen LogP contribution in [0.25, 0.3) is 10.9 Å². The van der Waals surface area contributed by atoms with Crippen LogP contribution >= 0.6 is 11.6 Å². The van der Waals surface area contributed by atoms with Crippen molar-refractivity contribution in [2.24, 2.45) is 0 Å². The van der Waals surface area contributed by atoms with Crippen molar-refractivity contribution < 1.29 is 14.3 Å². The maximum absolute atomic E-state index is 12.9. The summed E-state index contributed by atoms with van der Waals surface area (Å²) >= 11 is 6.54. The lowest BCUT2D eigenvalue weighted by atomic mass is 10.1. The molecule has 0 spiro atoms. The maximum Gasteiger partial charge on any atom is 0.248 e. The number of nitrogens with two attached hydrogens (primary N) is 1. The van der Waals surface area contributed by atoms with Crippen LogP contribution in [0, 0.1) is 0 Å². The van der Waals surface area contributed by atoms with Gasteiger partial charge in [0.05, 0.1) is 46.1 Å². The van der Waals surface area contributed by atoms with Gasteiger partial charge in [-0.2, -0.15) is 0 Å². The molecule has 9 nitrogen and oxygen atoms in total. The summed E-state index contributed by atoms with van der Waals surface area (Å²) in [6.45, 7) is 3.66. The van der Waals surface area contributed by atoms with Crippen LogP contribution in [0.5, 0.6) is 11.5 Å². The van der Waals surface area contributed by atoms with E-state index < -0.39 is 0 Å². The van der Waals surface area contributed by atoms with Crippen LogP contribution in [0.4, 0.5) is 22.7 Å². The van der Waals surface area contributed by atoms with E-state index in [0.29, 0.717) is 58.0 Å². The number of benzene rings is 2. The molecule has 4 N–H and O–H groups in total. The molecule has 0 bridgehead atoms. The Labute approximate surface area is 244 Å². The topological polar surface area (TPSA) is 115 Å². The molecule has 5 rings (SSSR count). The summed E-state index contributed by atoms with van der Waals surface area (Å²) in [6.07, 6.45) is 9.01. The number of likely N-dealkylation sites (N-methyl/N-ethyl adjacent to an activating group) is 1. The third-order valence-electron chi connectivity index (χ3n) is 6.91. The Morgan fingerprint density at radius 1 is 1.17 bits per heavy atom. The van der Waals surface area contributed by atoms with E-state index in [9.17, 15) is 4.79 Å². The maximum atomic E-state index is 12.9. The highest BCUT2D eigenvalue weighted by Crippen LogP contribution is 2.38. The fourth-order valence-electron chi connectivity index (χ4n) is 4.77. The molecule has 212 valence electrons. The number of aromatic nitrogens is 2. The van der Waals surface area contributed by atoms with Crippen molar-refractivity contribution in [2.45, 2.75) is 32.4 Å². The normalized spacial score (nSPS) is 15.3. The number of amides is 1. The largest absolute Gasteiger partial charge is 0.492 e. The number of nitrogens with zero attached hydrogens (tertiary/aromatic N) is 3. The molecular formula is C31H33ClN6O3. The van der Waals surface area contributed by atoms with Gasteiger partial charge in [-0.3, -0.25) is 19.7 Å². The molecule has 1 amide bonds. The first kappa shape index (κ1) is 28.2. The molecule has 1 aliphatic rings. The number of hydrogen-bond acceptors (Lipinski definition) is 8. The second-order valence-electron chi connectivity index (χ2n) is 9.81. The van der Waals surface area contributed by atoms with Crippen molar-refractivity contribution >= 4 is 51.2 Å². The van der Waals surface area contributed by atoms with Gasteiger partial charge in [0.2, 0.25) is 5.91 Å². The number of halogens is 1. The van der Waals surface area contributed by atoms with Crippen LogP contribution in [0.1, 0.15) is 25.5 Å². The van der Waals surface area contributed by atoms with E-state index in [-0.39, 0.29) is 11.9 Å². The Kier molecular flexibility index (Phi) is 8.86. The molecule has 1 saturated heterocycles. The zero-order valence-electron chi connectivity index (χ0n) is 23.1. The Hall–Kier alpha value is -4.34. The van der Waals surface area contributed by atoms with Gasteiger partial charge in [-0.05, 0) is 69.8 Å². The number of nitrogens with one attached hydrogen (secondary N) is 2. The molecule has 2 aromatic heterocycles. The number of rotatable bonds is 10. The summed E-state index contributed by atoms with van der Waals surface area (Å²) in [7, 11) is 2.07. The standard InChI is InChI=1S/C31H33ClN6O3/c1-3-40-29-17-26-23(16-27(29)37-30(39)12-10-22-8-6-14-38(22)2)31(25(33)18-35-26)36-20-9-11-28(24(32)15-20)41-19-21-7-4-5-13-34-21/h4-5,7,9-13,15-18,22H,3,6,8,14,19,33H2,1-2H3,(H,35,36)(H,37,39)/b12-10+. The average Bonchev–Trinajstić information content (AvgIpc) is 3.38. The quantitative estimate of drug-likeness (QED) is 0.193. The second kappa shape index (κ2) is 12.9. The molecule has 0 radical (unpaired) electrons. The first-order chi connectivity index (χ1) is 19.9. The van der Waals surface area contributed by atoms with Crippen molar-refractivity contribution in [3.8, 4) is 11.5 Å². The van der Waals surface area contributed by atoms with E-state index in [4.69, 9.17) is 26.8 Å². The van der Waals surface area contributed by atoms with E-state index >= 15 is 0 Å². The summed E-state index contributed by atoms with van der Waals surface area (Å²) in [5, 5.41) is 7.49. The number of pyridine rings is 2. The average molecular weight is 573 g/mol. The van der Waals surface area contributed by atoms with E-state index in [1.165, 1.54) is 0 Å². The number of ether oxygens (including phenoxy) is 2. The second-order valence-corrected chi connectivity index (χ2v) is 10.2. The lowest BCUT2D eigenvalue weighted by Crippen LogP contribution is -2.23. The van der Waals surface area contributed by atoms with Gasteiger partial charge in [0, 0.05) is 35.5 Å². The molecule has 0 saturated carbocycles. The van der Waals surface area contributed by atoms with E-state index in [1.807, 2.05) is 43.3 Å². The van der Waals surface area contributed by atoms with Gasteiger partial charge >= 0.3 is 0 Å². The van der Waals surface area contributed by atoms with Crippen LogP contribution in [-0.2, 0) is 11.4 Å². The van der Waals surface area contributed by atoms with Crippen molar-refractivity contribution in [3.63, 3.8) is 0 Å². The van der Waals surface area contributed by atoms with Crippen molar-refractivity contribution in [1.29, 1.82) is 0 Å². The van der Waals surface area contributed by atoms with Crippen molar-refractivity contribution in [3.05, 3.63) is 83.8 Å². The number of likely N-dealkylation sites (tertiary alicyclic amines) is 1. The summed E-state index contributed by atoms with van der Waals surface area (Å²) in [6, 6.07) is 15.0. The molecule has 4 aromatic rings. The lowest BCUT2D eigenvalue weighted by Gasteiger charge is -2.17. The number of hydrogen-bond donors (Lipinski definition) is 3. The minimum atomic E-state index is -0.231. The fourth-order valence-corrected chi connectivity index (χ4v) is 5.01. The third-order valence-corrected chi connectivity index (χ3v) is 7.20. The van der Waals surface area contributed by atoms with Crippen LogP contribution in [-0.4, -0.2) is 47.0 Å². The van der Waals surface area contributed by atoms with E-state index in [1.54, 1.807) is 36.7 Å². The molecule has 1 atom stereocenters. The minimum absolute atomic E-state index is 0.231. The molecule has 41 heavy (non-hydrogen) atoms. The highest BCUT2D eigenvalue weighted by atomic mass is 35.5. The van der Waals surface area contributed by atoms with Crippen molar-refractivity contribution in [2.75, 3.05) is 36.6 Å².